The summed E-state index contributed by atoms with van der Waals surface area (Å²) < 4.78 is 18.3. The molecule has 0 aromatic heterocycles. The number of benzene rings is 1. The highest BCUT2D eigenvalue weighted by Crippen LogP contribution is 2.35. The Balaban J connectivity index is 2.07. The van der Waals surface area contributed by atoms with Gasteiger partial charge in [0.05, 0.1) is 11.2 Å². The Hall–Kier alpha value is -1.79. The van der Waals surface area contributed by atoms with E-state index in [9.17, 15) is 4.79 Å². The first-order valence-corrected chi connectivity index (χ1v) is 11.9. The van der Waals surface area contributed by atoms with Crippen molar-refractivity contribution in [2.24, 2.45) is 0 Å². The van der Waals surface area contributed by atoms with E-state index in [0.717, 1.165) is 36.7 Å². The number of allylic oxidation sites excluding steroid dienone is 2. The van der Waals surface area contributed by atoms with E-state index in [-0.39, 0.29) is 24.4 Å². The monoisotopic (exact) mass is 443 g/mol. The summed E-state index contributed by atoms with van der Waals surface area (Å²) in [6, 6.07) is 10.0. The van der Waals surface area contributed by atoms with Gasteiger partial charge >= 0.3 is 13.2 Å². The lowest BCUT2D eigenvalue weighted by atomic mass is 9.70. The van der Waals surface area contributed by atoms with Crippen LogP contribution >= 0.6 is 0 Å². The summed E-state index contributed by atoms with van der Waals surface area (Å²) in [5, 5.41) is 0. The van der Waals surface area contributed by atoms with Gasteiger partial charge in [0.25, 0.3) is 0 Å². The zero-order valence-corrected chi connectivity index (χ0v) is 21.4. The van der Waals surface area contributed by atoms with E-state index >= 15 is 0 Å². The van der Waals surface area contributed by atoms with E-state index in [1.54, 1.807) is 4.90 Å². The maximum Gasteiger partial charge on any atom is 0.490 e. The second-order valence-electron chi connectivity index (χ2n) is 10.9. The Labute approximate surface area is 195 Å². The van der Waals surface area contributed by atoms with Gasteiger partial charge in [-0.05, 0) is 78.8 Å². The number of amides is 1. The molecule has 0 atom stereocenters. The van der Waals surface area contributed by atoms with Gasteiger partial charge < -0.3 is 18.9 Å². The minimum absolute atomic E-state index is 0.241. The molecule has 1 aliphatic heterocycles. The van der Waals surface area contributed by atoms with Crippen LogP contribution in [0.3, 0.4) is 0 Å². The lowest BCUT2D eigenvalue weighted by molar-refractivity contribution is -0.0737. The molecule has 32 heavy (non-hydrogen) atoms. The molecule has 0 aliphatic carbocycles. The zero-order chi connectivity index (χ0) is 24.0. The Morgan fingerprint density at radius 3 is 2.25 bits per heavy atom. The van der Waals surface area contributed by atoms with Gasteiger partial charge in [0.15, 0.2) is 0 Å². The van der Waals surface area contributed by atoms with Crippen LogP contribution in [-0.4, -0.2) is 41.5 Å². The highest BCUT2D eigenvalue weighted by atomic mass is 16.6. The maximum atomic E-state index is 12.9. The second-order valence-corrected chi connectivity index (χ2v) is 10.9. The highest BCUT2D eigenvalue weighted by Gasteiger charge is 2.44. The number of carbonyl (C=O) groups excluding carboxylic acids is 1. The molecule has 6 heteroatoms. The van der Waals surface area contributed by atoms with Crippen LogP contribution in [0.25, 0.3) is 0 Å². The van der Waals surface area contributed by atoms with Gasteiger partial charge in [-0.1, -0.05) is 43.3 Å². The molecule has 1 amide bonds. The van der Waals surface area contributed by atoms with Gasteiger partial charge in [-0.15, -0.1) is 0 Å². The van der Waals surface area contributed by atoms with Gasteiger partial charge in [-0.2, -0.15) is 0 Å². The summed E-state index contributed by atoms with van der Waals surface area (Å²) in [4.78, 5) is 14.7. The molecule has 0 unspecified atom stereocenters. The fraction of sp³-hybridized carbons (Fsp3) is 0.654. The van der Waals surface area contributed by atoms with E-state index in [1.807, 2.05) is 51.1 Å². The van der Waals surface area contributed by atoms with Crippen LogP contribution in [0.15, 0.2) is 41.9 Å². The lowest BCUT2D eigenvalue weighted by Gasteiger charge is -2.44. The van der Waals surface area contributed by atoms with Crippen molar-refractivity contribution in [1.82, 2.24) is 4.90 Å². The normalized spacial score (nSPS) is 18.4. The Kier molecular flexibility index (Phi) is 9.01. The Morgan fingerprint density at radius 2 is 1.72 bits per heavy atom. The summed E-state index contributed by atoms with van der Waals surface area (Å²) in [5.41, 5.74) is 1.23. The average Bonchev–Trinajstić information content (AvgIpc) is 2.63. The quantitative estimate of drug-likeness (QED) is 0.427. The van der Waals surface area contributed by atoms with Crippen molar-refractivity contribution >= 4 is 13.2 Å². The molecule has 1 aromatic rings. The molecule has 1 saturated heterocycles. The smallest absolute Gasteiger partial charge is 0.444 e. The fourth-order valence-electron chi connectivity index (χ4n) is 4.28. The minimum Gasteiger partial charge on any atom is -0.444 e. The highest BCUT2D eigenvalue weighted by molar-refractivity contribution is 6.54. The molecule has 178 valence electrons. The molecule has 1 heterocycles. The molecular weight excluding hydrogens is 401 g/mol. The molecular formula is C26H42BNO4. The van der Waals surface area contributed by atoms with Crippen LogP contribution in [-0.2, 0) is 20.6 Å². The molecule has 1 aliphatic rings. The standard InChI is InChI=1S/C26H42BNO4/c1-9-14-22(27-31-25(5,6)20-26(7,8)32-27)17-13-18-28(23(29)30-24(2,3)4)19-21-15-11-10-12-16-21/h10-12,14-16H,9,13,17-20H2,1-8H3/b22-14+. The predicted octanol–water partition coefficient (Wildman–Crippen LogP) is 6.56. The third kappa shape index (κ3) is 8.99. The summed E-state index contributed by atoms with van der Waals surface area (Å²) in [6.07, 6.45) is 5.30. The molecule has 1 fully saturated rings. The van der Waals surface area contributed by atoms with Crippen LogP contribution in [0.4, 0.5) is 4.79 Å². The Bertz CT molecular complexity index is 752. The largest absolute Gasteiger partial charge is 0.490 e. The van der Waals surface area contributed by atoms with E-state index in [0.29, 0.717) is 13.1 Å². The van der Waals surface area contributed by atoms with E-state index < -0.39 is 5.60 Å². The second kappa shape index (κ2) is 10.9. The van der Waals surface area contributed by atoms with Crippen LogP contribution in [0.5, 0.6) is 0 Å². The molecule has 1 aromatic carbocycles. The van der Waals surface area contributed by atoms with Crippen molar-refractivity contribution in [1.29, 1.82) is 0 Å². The average molecular weight is 443 g/mol. The van der Waals surface area contributed by atoms with Crippen LogP contribution < -0.4 is 0 Å². The Morgan fingerprint density at radius 1 is 1.12 bits per heavy atom. The molecule has 0 bridgehead atoms. The molecule has 0 spiro atoms. The summed E-state index contributed by atoms with van der Waals surface area (Å²) in [7, 11) is -0.349. The number of ether oxygens (including phenoxy) is 1. The number of hydrogen-bond acceptors (Lipinski definition) is 4. The van der Waals surface area contributed by atoms with Crippen molar-refractivity contribution in [3.8, 4) is 0 Å². The van der Waals surface area contributed by atoms with Crippen molar-refractivity contribution in [2.45, 2.75) is 104 Å². The molecule has 2 rings (SSSR count). The molecule has 0 N–H and O–H groups in total. The third-order valence-electron chi connectivity index (χ3n) is 5.23. The number of rotatable bonds is 8. The fourth-order valence-corrected chi connectivity index (χ4v) is 4.28. The SMILES string of the molecule is CC/C=C(\CCCN(Cc1ccccc1)C(=O)OC(C)(C)C)B1OC(C)(C)CC(C)(C)O1. The summed E-state index contributed by atoms with van der Waals surface area (Å²) in [6.45, 7) is 17.4. The van der Waals surface area contributed by atoms with Crippen molar-refractivity contribution < 1.29 is 18.8 Å². The van der Waals surface area contributed by atoms with Crippen LogP contribution in [0, 0.1) is 0 Å². The van der Waals surface area contributed by atoms with Crippen LogP contribution in [0.2, 0.25) is 0 Å². The topological polar surface area (TPSA) is 48.0 Å². The van der Waals surface area contributed by atoms with E-state index in [2.05, 4.69) is 40.7 Å². The van der Waals surface area contributed by atoms with Crippen molar-refractivity contribution in [3.05, 3.63) is 47.4 Å². The van der Waals surface area contributed by atoms with Crippen LogP contribution in [0.1, 0.15) is 86.6 Å². The number of nitrogens with zero attached hydrogens (tertiary/aromatic N) is 1. The van der Waals surface area contributed by atoms with E-state index in [4.69, 9.17) is 14.0 Å². The van der Waals surface area contributed by atoms with Gasteiger partial charge in [-0.25, -0.2) is 4.79 Å². The van der Waals surface area contributed by atoms with Gasteiger partial charge in [0.1, 0.15) is 5.60 Å². The predicted molar refractivity (Wildman–Crippen MR) is 131 cm³/mol. The summed E-state index contributed by atoms with van der Waals surface area (Å²) >= 11 is 0. The van der Waals surface area contributed by atoms with Gasteiger partial charge in [0.2, 0.25) is 0 Å². The molecule has 0 saturated carbocycles. The molecule has 0 radical (unpaired) electrons. The van der Waals surface area contributed by atoms with Crippen molar-refractivity contribution in [3.63, 3.8) is 0 Å². The van der Waals surface area contributed by atoms with Gasteiger partial charge in [-0.3, -0.25) is 0 Å². The first kappa shape index (κ1) is 26.5. The van der Waals surface area contributed by atoms with Crippen molar-refractivity contribution in [2.75, 3.05) is 6.54 Å². The number of hydrogen-bond donors (Lipinski definition) is 0. The summed E-state index contributed by atoms with van der Waals surface area (Å²) in [5.74, 6) is 0. The zero-order valence-electron chi connectivity index (χ0n) is 21.4. The number of carbonyl (C=O) groups is 1. The first-order valence-electron chi connectivity index (χ1n) is 11.9. The first-order chi connectivity index (χ1) is 14.8. The maximum absolute atomic E-state index is 12.9. The van der Waals surface area contributed by atoms with Gasteiger partial charge in [0, 0.05) is 19.5 Å². The lowest BCUT2D eigenvalue weighted by Crippen LogP contribution is -2.52. The minimum atomic E-state index is -0.528. The third-order valence-corrected chi connectivity index (χ3v) is 5.23. The van der Waals surface area contributed by atoms with E-state index in [1.165, 1.54) is 0 Å². The molecule has 5 nitrogen and oxygen atoms in total.